The topological polar surface area (TPSA) is 31.4 Å². The van der Waals surface area contributed by atoms with E-state index in [-0.39, 0.29) is 16.6 Å². The second kappa shape index (κ2) is 8.91. The molecule has 0 amide bonds. The first kappa shape index (κ1) is 24.8. The van der Waals surface area contributed by atoms with E-state index in [1.807, 2.05) is 18.5 Å². The van der Waals surface area contributed by atoms with Gasteiger partial charge in [-0.25, -0.2) is 0 Å². The van der Waals surface area contributed by atoms with Gasteiger partial charge in [-0.05, 0) is 109 Å². The summed E-state index contributed by atoms with van der Waals surface area (Å²) >= 11 is 0. The number of hydrogen-bond acceptors (Lipinski definition) is 3. The van der Waals surface area contributed by atoms with E-state index in [4.69, 9.17) is 9.31 Å². The smallest absolute Gasteiger partial charge is 0.399 e. The standard InChI is InChI=1S/C35H36BNO2/c1-33(2)34(3,4)39-36(38-33)32-13-7-6-12-27(32)25-15-17-30-29(21-25)28-16-14-24(26-11-10-20-37-23-26)22-31(28)35(30)18-8-5-9-19-35/h6-7,10-17,20-23H,5,8-9,18-19H2,1-4H3. The summed E-state index contributed by atoms with van der Waals surface area (Å²) in [6, 6.07) is 27.0. The van der Waals surface area contributed by atoms with Crippen LogP contribution in [0, 0.1) is 0 Å². The maximum Gasteiger partial charge on any atom is 0.495 e. The van der Waals surface area contributed by atoms with Crippen LogP contribution in [0.25, 0.3) is 33.4 Å². The zero-order chi connectivity index (χ0) is 26.8. The SMILES string of the molecule is CC1(C)OB(c2ccccc2-c2ccc3c(c2)-c2ccc(-c4cccnc4)cc2C32CCCCC2)OC1(C)C. The average molecular weight is 513 g/mol. The van der Waals surface area contributed by atoms with Crippen LogP contribution >= 0.6 is 0 Å². The summed E-state index contributed by atoms with van der Waals surface area (Å²) in [5, 5.41) is 0. The zero-order valence-electron chi connectivity index (χ0n) is 23.5. The van der Waals surface area contributed by atoms with Gasteiger partial charge in [0.2, 0.25) is 0 Å². The van der Waals surface area contributed by atoms with Crippen LogP contribution in [0.4, 0.5) is 0 Å². The lowest BCUT2D eigenvalue weighted by molar-refractivity contribution is 0.00578. The van der Waals surface area contributed by atoms with Crippen molar-refractivity contribution >= 4 is 12.6 Å². The first-order valence-corrected chi connectivity index (χ1v) is 14.4. The minimum atomic E-state index is -0.390. The predicted octanol–water partition coefficient (Wildman–Crippen LogP) is 7.95. The molecule has 7 rings (SSSR count). The predicted molar refractivity (Wildman–Crippen MR) is 160 cm³/mol. The third-order valence-corrected chi connectivity index (χ3v) is 9.84. The Balaban J connectivity index is 1.35. The molecule has 3 aliphatic rings. The Morgan fingerprint density at radius 3 is 2.13 bits per heavy atom. The van der Waals surface area contributed by atoms with Gasteiger partial charge in [-0.3, -0.25) is 4.98 Å². The molecule has 0 unspecified atom stereocenters. The molecule has 1 spiro atoms. The Morgan fingerprint density at radius 1 is 0.641 bits per heavy atom. The molecule has 0 atom stereocenters. The largest absolute Gasteiger partial charge is 0.495 e. The third kappa shape index (κ3) is 3.83. The summed E-state index contributed by atoms with van der Waals surface area (Å²) in [6.45, 7) is 8.47. The van der Waals surface area contributed by atoms with Gasteiger partial charge in [0.15, 0.2) is 0 Å². The highest BCUT2D eigenvalue weighted by molar-refractivity contribution is 6.63. The number of benzene rings is 3. The fourth-order valence-corrected chi connectivity index (χ4v) is 7.01. The number of fused-ring (bicyclic) bond motifs is 5. The number of pyridine rings is 1. The van der Waals surface area contributed by atoms with Gasteiger partial charge < -0.3 is 9.31 Å². The highest BCUT2D eigenvalue weighted by Gasteiger charge is 2.52. The Morgan fingerprint density at radius 2 is 1.38 bits per heavy atom. The summed E-state index contributed by atoms with van der Waals surface area (Å²) in [5.74, 6) is 0. The van der Waals surface area contributed by atoms with Crippen LogP contribution in [-0.4, -0.2) is 23.3 Å². The van der Waals surface area contributed by atoms with Crippen molar-refractivity contribution in [3.8, 4) is 33.4 Å². The van der Waals surface area contributed by atoms with Gasteiger partial charge in [0.1, 0.15) is 0 Å². The van der Waals surface area contributed by atoms with E-state index in [0.29, 0.717) is 0 Å². The molecule has 4 heteroatoms. The Hall–Kier alpha value is -3.21. The van der Waals surface area contributed by atoms with Gasteiger partial charge >= 0.3 is 7.12 Å². The zero-order valence-corrected chi connectivity index (χ0v) is 23.5. The van der Waals surface area contributed by atoms with Crippen LogP contribution in [0.5, 0.6) is 0 Å². The van der Waals surface area contributed by atoms with Crippen molar-refractivity contribution in [2.75, 3.05) is 0 Å². The maximum atomic E-state index is 6.48. The van der Waals surface area contributed by atoms with Gasteiger partial charge in [-0.1, -0.05) is 73.9 Å². The highest BCUT2D eigenvalue weighted by atomic mass is 16.7. The van der Waals surface area contributed by atoms with Crippen LogP contribution in [0.3, 0.4) is 0 Å². The average Bonchev–Trinajstić information content (AvgIpc) is 3.34. The number of hydrogen-bond donors (Lipinski definition) is 0. The van der Waals surface area contributed by atoms with Crippen LogP contribution in [0.1, 0.15) is 70.9 Å². The maximum absolute atomic E-state index is 6.48. The molecule has 0 N–H and O–H groups in total. The Labute approximate surface area is 232 Å². The van der Waals surface area contributed by atoms with Crippen molar-refractivity contribution in [2.45, 2.75) is 76.4 Å². The Bertz CT molecular complexity index is 1540. The second-order valence-electron chi connectivity index (χ2n) is 12.6. The molecule has 39 heavy (non-hydrogen) atoms. The van der Waals surface area contributed by atoms with E-state index in [9.17, 15) is 0 Å². The van der Waals surface area contributed by atoms with E-state index in [1.165, 1.54) is 76.6 Å². The quantitative estimate of drug-likeness (QED) is 0.261. The fraction of sp³-hybridized carbons (Fsp3) is 0.343. The molecule has 1 aromatic heterocycles. The van der Waals surface area contributed by atoms with Gasteiger partial charge in [0, 0.05) is 17.8 Å². The summed E-state index contributed by atoms with van der Waals surface area (Å²) < 4.78 is 13.0. The second-order valence-corrected chi connectivity index (χ2v) is 12.6. The molecule has 4 aromatic rings. The fourth-order valence-electron chi connectivity index (χ4n) is 7.01. The van der Waals surface area contributed by atoms with E-state index in [0.717, 1.165) is 5.46 Å². The van der Waals surface area contributed by atoms with Crippen molar-refractivity contribution < 1.29 is 9.31 Å². The van der Waals surface area contributed by atoms with Crippen molar-refractivity contribution in [3.63, 3.8) is 0 Å². The molecule has 3 nitrogen and oxygen atoms in total. The molecule has 0 bridgehead atoms. The molecule has 1 saturated carbocycles. The van der Waals surface area contributed by atoms with Crippen LogP contribution in [0.2, 0.25) is 0 Å². The molecule has 2 heterocycles. The molecule has 3 aromatic carbocycles. The van der Waals surface area contributed by atoms with Crippen molar-refractivity contribution in [3.05, 3.63) is 96.3 Å². The van der Waals surface area contributed by atoms with Crippen LogP contribution in [0.15, 0.2) is 85.2 Å². The number of rotatable bonds is 3. The first-order chi connectivity index (χ1) is 18.8. The molecule has 1 saturated heterocycles. The Kier molecular flexibility index (Phi) is 5.67. The number of nitrogens with zero attached hydrogens (tertiary/aromatic N) is 1. The van der Waals surface area contributed by atoms with Crippen LogP contribution < -0.4 is 5.46 Å². The normalized spacial score (nSPS) is 20.2. The van der Waals surface area contributed by atoms with Crippen molar-refractivity contribution in [1.82, 2.24) is 4.98 Å². The first-order valence-electron chi connectivity index (χ1n) is 14.4. The molecule has 0 radical (unpaired) electrons. The van der Waals surface area contributed by atoms with Crippen molar-refractivity contribution in [1.29, 1.82) is 0 Å². The monoisotopic (exact) mass is 513 g/mol. The summed E-state index contributed by atoms with van der Waals surface area (Å²) in [7, 11) is -0.390. The van der Waals surface area contributed by atoms with E-state index in [1.54, 1.807) is 0 Å². The molecular weight excluding hydrogens is 477 g/mol. The minimum absolute atomic E-state index is 0.102. The molecule has 2 aliphatic carbocycles. The lowest BCUT2D eigenvalue weighted by Gasteiger charge is -2.36. The molecule has 1 aliphatic heterocycles. The number of aromatic nitrogens is 1. The van der Waals surface area contributed by atoms with Gasteiger partial charge in [0.05, 0.1) is 11.2 Å². The van der Waals surface area contributed by atoms with E-state index < -0.39 is 7.12 Å². The molecule has 2 fully saturated rings. The van der Waals surface area contributed by atoms with Gasteiger partial charge in [-0.2, -0.15) is 0 Å². The van der Waals surface area contributed by atoms with Gasteiger partial charge in [0.25, 0.3) is 0 Å². The minimum Gasteiger partial charge on any atom is -0.399 e. The lowest BCUT2D eigenvalue weighted by Crippen LogP contribution is -2.41. The van der Waals surface area contributed by atoms with Gasteiger partial charge in [-0.15, -0.1) is 0 Å². The summed E-state index contributed by atoms with van der Waals surface area (Å²) in [6.07, 6.45) is 10.1. The van der Waals surface area contributed by atoms with E-state index in [2.05, 4.69) is 99.4 Å². The van der Waals surface area contributed by atoms with Crippen molar-refractivity contribution in [2.24, 2.45) is 0 Å². The summed E-state index contributed by atoms with van der Waals surface area (Å²) in [5.41, 5.74) is 11.0. The van der Waals surface area contributed by atoms with E-state index >= 15 is 0 Å². The molecular formula is C35H36BNO2. The van der Waals surface area contributed by atoms with Crippen LogP contribution in [-0.2, 0) is 14.7 Å². The molecule has 196 valence electrons. The summed E-state index contributed by atoms with van der Waals surface area (Å²) in [4.78, 5) is 4.38. The lowest BCUT2D eigenvalue weighted by atomic mass is 9.67. The highest BCUT2D eigenvalue weighted by Crippen LogP contribution is 2.57. The third-order valence-electron chi connectivity index (χ3n) is 9.84.